The second-order valence-electron chi connectivity index (χ2n) is 17.0. The number of carbonyl (C=O) groups excluding carboxylic acids is 3. The van der Waals surface area contributed by atoms with Crippen molar-refractivity contribution in [2.24, 2.45) is 0 Å². The molecule has 0 aromatic carbocycles. The van der Waals surface area contributed by atoms with E-state index in [2.05, 4.69) is 38.2 Å². The van der Waals surface area contributed by atoms with Gasteiger partial charge in [-0.3, -0.25) is 9.59 Å². The summed E-state index contributed by atoms with van der Waals surface area (Å²) < 4.78 is 17.1. The van der Waals surface area contributed by atoms with Gasteiger partial charge in [-0.25, -0.2) is 0 Å². The van der Waals surface area contributed by atoms with Gasteiger partial charge in [0.15, 0.2) is 6.10 Å². The highest BCUT2D eigenvalue weighted by Crippen LogP contribution is 2.15. The topological polar surface area (TPSA) is 102 Å². The van der Waals surface area contributed by atoms with Crippen molar-refractivity contribution in [1.29, 1.82) is 0 Å². The van der Waals surface area contributed by atoms with Crippen LogP contribution in [0.1, 0.15) is 213 Å². The number of allylic oxidation sites excluding steroid dienone is 4. The summed E-state index contributed by atoms with van der Waals surface area (Å²) in [7, 11) is 5.41. The first-order chi connectivity index (χ1) is 27.1. The Morgan fingerprint density at radius 1 is 0.536 bits per heavy atom. The molecule has 0 N–H and O–H groups in total. The smallest absolute Gasteiger partial charge is 0.306 e. The Balaban J connectivity index is 4.20. The Morgan fingerprint density at radius 3 is 1.38 bits per heavy atom. The molecule has 56 heavy (non-hydrogen) atoms. The molecule has 0 radical (unpaired) electrons. The van der Waals surface area contributed by atoms with Crippen molar-refractivity contribution in [3.05, 3.63) is 24.3 Å². The summed E-state index contributed by atoms with van der Waals surface area (Å²) in [5.74, 6) is -1.74. The Labute approximate surface area is 345 Å². The Hall–Kier alpha value is -2.19. The van der Waals surface area contributed by atoms with Crippen LogP contribution in [0.5, 0.6) is 0 Å². The number of likely N-dealkylation sites (N-methyl/N-ethyl adjacent to an activating group) is 1. The maximum Gasteiger partial charge on any atom is 0.306 e. The van der Waals surface area contributed by atoms with E-state index in [1.165, 1.54) is 128 Å². The SMILES string of the molecule is CCCCCCCCCCC/C=C/C/C=C/CCCCCCCCCC(=O)OC(COCCC(C(=O)[O-])[N+](C)(C)C)COC(=O)CCCCCCCCCCC. The normalized spacial score (nSPS) is 13.1. The standard InChI is InChI=1S/C48H89NO7/c1-6-8-10-12-14-16-17-18-19-20-21-22-23-24-25-26-27-28-29-31-33-35-37-39-47(51)56-44(42-54-41-40-45(48(52)53)49(3,4)5)43-55-46(50)38-36-34-32-30-15-13-11-9-7-2/h21-22,24-25,44-45H,6-20,23,26-43H2,1-5H3/b22-21+,25-24+. The van der Waals surface area contributed by atoms with Crippen LogP contribution in [0.3, 0.4) is 0 Å². The van der Waals surface area contributed by atoms with Crippen LogP contribution in [0.4, 0.5) is 0 Å². The summed E-state index contributed by atoms with van der Waals surface area (Å²) in [5.41, 5.74) is 0. The number of hydrogen-bond acceptors (Lipinski definition) is 7. The molecular formula is C48H89NO7. The molecule has 0 amide bonds. The van der Waals surface area contributed by atoms with Gasteiger partial charge in [-0.15, -0.1) is 0 Å². The zero-order chi connectivity index (χ0) is 41.4. The van der Waals surface area contributed by atoms with Crippen molar-refractivity contribution < 1.29 is 38.2 Å². The van der Waals surface area contributed by atoms with Crippen LogP contribution >= 0.6 is 0 Å². The van der Waals surface area contributed by atoms with Crippen molar-refractivity contribution in [2.45, 2.75) is 225 Å². The minimum absolute atomic E-state index is 0.0409. The number of ether oxygens (including phenoxy) is 3. The van der Waals surface area contributed by atoms with Crippen LogP contribution in [0.25, 0.3) is 0 Å². The molecule has 0 bridgehead atoms. The molecule has 328 valence electrons. The van der Waals surface area contributed by atoms with Crippen LogP contribution in [0.15, 0.2) is 24.3 Å². The molecule has 0 aliphatic heterocycles. The first-order valence-electron chi connectivity index (χ1n) is 23.4. The maximum absolute atomic E-state index is 12.7. The molecular weight excluding hydrogens is 703 g/mol. The number of carboxylic acids is 1. The Bertz CT molecular complexity index is 973. The van der Waals surface area contributed by atoms with Gasteiger partial charge in [0.2, 0.25) is 0 Å². The molecule has 0 saturated heterocycles. The van der Waals surface area contributed by atoms with E-state index in [1.54, 1.807) is 21.1 Å². The van der Waals surface area contributed by atoms with Crippen LogP contribution < -0.4 is 5.11 Å². The summed E-state index contributed by atoms with van der Waals surface area (Å²) >= 11 is 0. The minimum Gasteiger partial charge on any atom is -0.544 e. The number of quaternary nitrogens is 1. The number of carbonyl (C=O) groups is 3. The van der Waals surface area contributed by atoms with Gasteiger partial charge in [-0.2, -0.15) is 0 Å². The highest BCUT2D eigenvalue weighted by atomic mass is 16.6. The van der Waals surface area contributed by atoms with Gasteiger partial charge in [-0.1, -0.05) is 173 Å². The fourth-order valence-electron chi connectivity index (χ4n) is 6.93. The second-order valence-corrected chi connectivity index (χ2v) is 17.0. The van der Waals surface area contributed by atoms with Gasteiger partial charge in [0.1, 0.15) is 12.6 Å². The average Bonchev–Trinajstić information content (AvgIpc) is 3.15. The largest absolute Gasteiger partial charge is 0.544 e. The van der Waals surface area contributed by atoms with Gasteiger partial charge >= 0.3 is 11.9 Å². The number of unbranched alkanes of at least 4 members (excludes halogenated alkanes) is 24. The van der Waals surface area contributed by atoms with E-state index in [0.29, 0.717) is 12.8 Å². The molecule has 8 heteroatoms. The summed E-state index contributed by atoms with van der Waals surface area (Å²) in [4.78, 5) is 36.8. The van der Waals surface area contributed by atoms with Crippen molar-refractivity contribution >= 4 is 17.9 Å². The number of hydrogen-bond donors (Lipinski definition) is 0. The van der Waals surface area contributed by atoms with Crippen molar-refractivity contribution in [3.63, 3.8) is 0 Å². The van der Waals surface area contributed by atoms with E-state index in [9.17, 15) is 19.5 Å². The van der Waals surface area contributed by atoms with Crippen molar-refractivity contribution in [1.82, 2.24) is 0 Å². The van der Waals surface area contributed by atoms with Gasteiger partial charge in [-0.05, 0) is 44.9 Å². The predicted molar refractivity (Wildman–Crippen MR) is 231 cm³/mol. The minimum atomic E-state index is -1.13. The molecule has 8 nitrogen and oxygen atoms in total. The lowest BCUT2D eigenvalue weighted by Gasteiger charge is -2.34. The van der Waals surface area contributed by atoms with Gasteiger partial charge in [0, 0.05) is 19.3 Å². The lowest BCUT2D eigenvalue weighted by molar-refractivity contribution is -0.889. The molecule has 0 aliphatic rings. The molecule has 0 saturated carbocycles. The number of aliphatic carboxylic acids is 1. The zero-order valence-electron chi connectivity index (χ0n) is 37.3. The number of carboxylic acid groups (broad SMARTS) is 1. The van der Waals surface area contributed by atoms with Crippen LogP contribution in [-0.4, -0.2) is 75.5 Å². The third-order valence-electron chi connectivity index (χ3n) is 10.6. The van der Waals surface area contributed by atoms with Crippen LogP contribution in [0.2, 0.25) is 0 Å². The van der Waals surface area contributed by atoms with Crippen molar-refractivity contribution in [2.75, 3.05) is 41.0 Å². The lowest BCUT2D eigenvalue weighted by atomic mass is 10.1. The maximum atomic E-state index is 12.7. The predicted octanol–water partition coefficient (Wildman–Crippen LogP) is 11.5. The van der Waals surface area contributed by atoms with E-state index in [-0.39, 0.29) is 42.7 Å². The van der Waals surface area contributed by atoms with E-state index in [4.69, 9.17) is 14.2 Å². The molecule has 0 fully saturated rings. The van der Waals surface area contributed by atoms with E-state index >= 15 is 0 Å². The van der Waals surface area contributed by atoms with Gasteiger partial charge in [0.05, 0.1) is 40.3 Å². The zero-order valence-corrected chi connectivity index (χ0v) is 37.3. The third kappa shape index (κ3) is 37.4. The highest BCUT2D eigenvalue weighted by Gasteiger charge is 2.25. The molecule has 2 atom stereocenters. The van der Waals surface area contributed by atoms with Crippen molar-refractivity contribution in [3.8, 4) is 0 Å². The summed E-state index contributed by atoms with van der Waals surface area (Å²) in [6.07, 6.45) is 43.6. The molecule has 2 unspecified atom stereocenters. The molecule has 0 rings (SSSR count). The van der Waals surface area contributed by atoms with Gasteiger partial charge < -0.3 is 28.6 Å². The second kappa shape index (κ2) is 39.6. The molecule has 0 heterocycles. The van der Waals surface area contributed by atoms with Crippen LogP contribution in [0, 0.1) is 0 Å². The molecule has 0 aromatic heterocycles. The molecule has 0 spiro atoms. The first kappa shape index (κ1) is 53.8. The highest BCUT2D eigenvalue weighted by molar-refractivity contribution is 5.70. The average molecular weight is 792 g/mol. The quantitative estimate of drug-likeness (QED) is 0.0262. The van der Waals surface area contributed by atoms with Crippen LogP contribution in [-0.2, 0) is 28.6 Å². The van der Waals surface area contributed by atoms with E-state index in [1.807, 2.05) is 0 Å². The Morgan fingerprint density at radius 2 is 0.946 bits per heavy atom. The number of rotatable bonds is 42. The lowest BCUT2D eigenvalue weighted by Crippen LogP contribution is -2.55. The van der Waals surface area contributed by atoms with E-state index in [0.717, 1.165) is 51.4 Å². The fraction of sp³-hybridized carbons (Fsp3) is 0.854. The number of nitrogens with zero attached hydrogens (tertiary/aromatic N) is 1. The monoisotopic (exact) mass is 792 g/mol. The summed E-state index contributed by atoms with van der Waals surface area (Å²) in [5, 5.41) is 11.6. The summed E-state index contributed by atoms with van der Waals surface area (Å²) in [6.45, 7) is 4.65. The molecule has 0 aliphatic carbocycles. The molecule has 0 aromatic rings. The Kier molecular flexibility index (Phi) is 38.1. The fourth-order valence-corrected chi connectivity index (χ4v) is 6.93. The third-order valence-corrected chi connectivity index (χ3v) is 10.6. The van der Waals surface area contributed by atoms with E-state index < -0.39 is 18.1 Å². The number of esters is 2. The van der Waals surface area contributed by atoms with Gasteiger partial charge in [0.25, 0.3) is 0 Å². The first-order valence-corrected chi connectivity index (χ1v) is 23.4. The summed E-state index contributed by atoms with van der Waals surface area (Å²) in [6, 6.07) is -0.724.